The van der Waals surface area contributed by atoms with Gasteiger partial charge in [0.05, 0.1) is 0 Å². The quantitative estimate of drug-likeness (QED) is 0.798. The van der Waals surface area contributed by atoms with Gasteiger partial charge in [0.15, 0.2) is 0 Å². The van der Waals surface area contributed by atoms with Crippen molar-refractivity contribution in [3.05, 3.63) is 59.2 Å². The molecule has 4 N–H and O–H groups in total. The van der Waals surface area contributed by atoms with Gasteiger partial charge in [0.1, 0.15) is 5.75 Å². The van der Waals surface area contributed by atoms with Gasteiger partial charge in [-0.3, -0.25) is 4.79 Å². The number of benzene rings is 2. The molecule has 0 saturated heterocycles. The second kappa shape index (κ2) is 6.21. The summed E-state index contributed by atoms with van der Waals surface area (Å²) in [6.45, 7) is 2.37. The van der Waals surface area contributed by atoms with E-state index < -0.39 is 0 Å². The zero-order valence-electron chi connectivity index (χ0n) is 11.4. The minimum absolute atomic E-state index is 0.188. The summed E-state index contributed by atoms with van der Waals surface area (Å²) >= 11 is 0. The second-order valence-corrected chi connectivity index (χ2v) is 4.69. The van der Waals surface area contributed by atoms with Crippen LogP contribution in [0.25, 0.3) is 0 Å². The number of phenolic OH excluding ortho intramolecular Hbond substituents is 1. The van der Waals surface area contributed by atoms with Gasteiger partial charge in [0, 0.05) is 11.3 Å². The summed E-state index contributed by atoms with van der Waals surface area (Å²) in [6.07, 6.45) is 0.825. The van der Waals surface area contributed by atoms with Crippen molar-refractivity contribution in [2.75, 3.05) is 11.9 Å². The number of rotatable bonds is 4. The Hall–Kier alpha value is -2.33. The summed E-state index contributed by atoms with van der Waals surface area (Å²) in [4.78, 5) is 12.1. The molecule has 0 spiro atoms. The van der Waals surface area contributed by atoms with E-state index in [4.69, 9.17) is 5.73 Å². The molecule has 2 aromatic rings. The van der Waals surface area contributed by atoms with Crippen LogP contribution >= 0.6 is 0 Å². The van der Waals surface area contributed by atoms with Crippen molar-refractivity contribution in [2.24, 2.45) is 5.73 Å². The highest BCUT2D eigenvalue weighted by Crippen LogP contribution is 2.18. The topological polar surface area (TPSA) is 75.4 Å². The molecule has 104 valence electrons. The number of carbonyl (C=O) groups excluding carboxylic acids is 1. The molecular weight excluding hydrogens is 252 g/mol. The van der Waals surface area contributed by atoms with Gasteiger partial charge in [0.25, 0.3) is 5.91 Å². The van der Waals surface area contributed by atoms with Crippen LogP contribution in [0.1, 0.15) is 21.5 Å². The van der Waals surface area contributed by atoms with E-state index in [1.165, 1.54) is 6.07 Å². The Labute approximate surface area is 118 Å². The van der Waals surface area contributed by atoms with Crippen LogP contribution in [0.4, 0.5) is 5.69 Å². The van der Waals surface area contributed by atoms with Crippen LogP contribution in [0.5, 0.6) is 5.75 Å². The monoisotopic (exact) mass is 270 g/mol. The molecule has 0 aliphatic carbocycles. The first-order valence-corrected chi connectivity index (χ1v) is 6.50. The standard InChI is InChI=1S/C16H18N2O2/c1-11-10-13(4-7-15(11)19)16(20)18-14-5-2-12(3-6-14)8-9-17/h2-7,10,19H,8-9,17H2,1H3,(H,18,20). The number of aryl methyl sites for hydroxylation is 1. The highest BCUT2D eigenvalue weighted by molar-refractivity contribution is 6.04. The molecule has 0 aliphatic rings. The number of carbonyl (C=O) groups is 1. The van der Waals surface area contributed by atoms with Gasteiger partial charge in [-0.15, -0.1) is 0 Å². The maximum atomic E-state index is 12.1. The average molecular weight is 270 g/mol. The lowest BCUT2D eigenvalue weighted by molar-refractivity contribution is 0.102. The van der Waals surface area contributed by atoms with E-state index in [-0.39, 0.29) is 11.7 Å². The molecule has 0 aromatic heterocycles. The predicted molar refractivity (Wildman–Crippen MR) is 80.0 cm³/mol. The van der Waals surface area contributed by atoms with Crippen molar-refractivity contribution in [2.45, 2.75) is 13.3 Å². The predicted octanol–water partition coefficient (Wildman–Crippen LogP) is 2.45. The minimum Gasteiger partial charge on any atom is -0.508 e. The summed E-state index contributed by atoms with van der Waals surface area (Å²) in [5, 5.41) is 12.3. The Bertz CT molecular complexity index is 606. The SMILES string of the molecule is Cc1cc(C(=O)Nc2ccc(CCN)cc2)ccc1O. The number of hydrogen-bond acceptors (Lipinski definition) is 3. The van der Waals surface area contributed by atoms with E-state index >= 15 is 0 Å². The number of nitrogens with one attached hydrogen (secondary N) is 1. The van der Waals surface area contributed by atoms with Crippen molar-refractivity contribution in [1.29, 1.82) is 0 Å². The van der Waals surface area contributed by atoms with Crippen molar-refractivity contribution in [1.82, 2.24) is 0 Å². The molecular formula is C16H18N2O2. The molecule has 20 heavy (non-hydrogen) atoms. The first kappa shape index (κ1) is 14.1. The summed E-state index contributed by atoms with van der Waals surface area (Å²) in [5.41, 5.74) is 8.57. The van der Waals surface area contributed by atoms with E-state index in [9.17, 15) is 9.90 Å². The van der Waals surface area contributed by atoms with Crippen LogP contribution in [0.3, 0.4) is 0 Å². The van der Waals surface area contributed by atoms with E-state index in [0.29, 0.717) is 17.7 Å². The largest absolute Gasteiger partial charge is 0.508 e. The van der Waals surface area contributed by atoms with Crippen LogP contribution < -0.4 is 11.1 Å². The minimum atomic E-state index is -0.195. The van der Waals surface area contributed by atoms with E-state index in [1.54, 1.807) is 19.1 Å². The Morgan fingerprint density at radius 3 is 2.50 bits per heavy atom. The van der Waals surface area contributed by atoms with Gasteiger partial charge in [-0.05, 0) is 61.3 Å². The first-order valence-electron chi connectivity index (χ1n) is 6.50. The number of aromatic hydroxyl groups is 1. The number of amides is 1. The highest BCUT2D eigenvalue weighted by atomic mass is 16.3. The van der Waals surface area contributed by atoms with E-state index in [2.05, 4.69) is 5.32 Å². The number of phenols is 1. The van der Waals surface area contributed by atoms with Gasteiger partial charge in [0.2, 0.25) is 0 Å². The maximum Gasteiger partial charge on any atom is 0.255 e. The lowest BCUT2D eigenvalue weighted by Gasteiger charge is -2.07. The molecule has 0 unspecified atom stereocenters. The zero-order valence-corrected chi connectivity index (χ0v) is 11.4. The molecule has 4 nitrogen and oxygen atoms in total. The number of anilines is 1. The average Bonchev–Trinajstić information content (AvgIpc) is 2.44. The molecule has 0 heterocycles. The third-order valence-corrected chi connectivity index (χ3v) is 3.10. The molecule has 0 saturated carbocycles. The first-order chi connectivity index (χ1) is 9.60. The summed E-state index contributed by atoms with van der Waals surface area (Å²) < 4.78 is 0. The van der Waals surface area contributed by atoms with Crippen molar-refractivity contribution < 1.29 is 9.90 Å². The van der Waals surface area contributed by atoms with Gasteiger partial charge in [-0.25, -0.2) is 0 Å². The van der Waals surface area contributed by atoms with Gasteiger partial charge in [-0.1, -0.05) is 12.1 Å². The summed E-state index contributed by atoms with van der Waals surface area (Å²) in [5.74, 6) is -0.00707. The Kier molecular flexibility index (Phi) is 4.38. The van der Waals surface area contributed by atoms with Crippen molar-refractivity contribution >= 4 is 11.6 Å². The normalized spacial score (nSPS) is 10.3. The summed E-state index contributed by atoms with van der Waals surface area (Å²) in [6, 6.07) is 12.4. The Morgan fingerprint density at radius 2 is 1.90 bits per heavy atom. The van der Waals surface area contributed by atoms with Crippen LogP contribution in [-0.2, 0) is 6.42 Å². The van der Waals surface area contributed by atoms with E-state index in [1.807, 2.05) is 24.3 Å². The van der Waals surface area contributed by atoms with Crippen LogP contribution in [0.15, 0.2) is 42.5 Å². The summed E-state index contributed by atoms with van der Waals surface area (Å²) in [7, 11) is 0. The molecule has 0 radical (unpaired) electrons. The molecule has 2 aromatic carbocycles. The maximum absolute atomic E-state index is 12.1. The lowest BCUT2D eigenvalue weighted by atomic mass is 10.1. The fourth-order valence-electron chi connectivity index (χ4n) is 1.92. The fourth-order valence-corrected chi connectivity index (χ4v) is 1.92. The zero-order chi connectivity index (χ0) is 14.5. The highest BCUT2D eigenvalue weighted by Gasteiger charge is 2.07. The molecule has 0 bridgehead atoms. The smallest absolute Gasteiger partial charge is 0.255 e. The van der Waals surface area contributed by atoms with Gasteiger partial charge >= 0.3 is 0 Å². The fraction of sp³-hybridized carbons (Fsp3) is 0.188. The lowest BCUT2D eigenvalue weighted by Crippen LogP contribution is -2.12. The molecule has 2 rings (SSSR count). The molecule has 0 aliphatic heterocycles. The molecule has 0 fully saturated rings. The molecule has 0 atom stereocenters. The van der Waals surface area contributed by atoms with Crippen molar-refractivity contribution in [3.63, 3.8) is 0 Å². The Balaban J connectivity index is 2.08. The molecule has 1 amide bonds. The van der Waals surface area contributed by atoms with Gasteiger partial charge in [-0.2, -0.15) is 0 Å². The van der Waals surface area contributed by atoms with Crippen LogP contribution in [0, 0.1) is 6.92 Å². The number of nitrogens with two attached hydrogens (primary N) is 1. The third kappa shape index (κ3) is 3.36. The van der Waals surface area contributed by atoms with Crippen LogP contribution in [0.2, 0.25) is 0 Å². The van der Waals surface area contributed by atoms with Gasteiger partial charge < -0.3 is 16.2 Å². The Morgan fingerprint density at radius 1 is 1.20 bits per heavy atom. The van der Waals surface area contributed by atoms with Crippen molar-refractivity contribution in [3.8, 4) is 5.75 Å². The van der Waals surface area contributed by atoms with Crippen LogP contribution in [-0.4, -0.2) is 17.6 Å². The second-order valence-electron chi connectivity index (χ2n) is 4.69. The third-order valence-electron chi connectivity index (χ3n) is 3.10. The molecule has 4 heteroatoms. The number of hydrogen-bond donors (Lipinski definition) is 3. The van der Waals surface area contributed by atoms with E-state index in [0.717, 1.165) is 17.7 Å².